The highest BCUT2D eigenvalue weighted by Crippen LogP contribution is 2.36. The minimum atomic E-state index is 0.599. The lowest BCUT2D eigenvalue weighted by molar-refractivity contribution is 0.989. The second kappa shape index (κ2) is 5.23. The van der Waals surface area contributed by atoms with Crippen LogP contribution in [0.5, 0.6) is 0 Å². The van der Waals surface area contributed by atoms with E-state index in [1.165, 1.54) is 12.8 Å². The van der Waals surface area contributed by atoms with Gasteiger partial charge in [-0.1, -0.05) is 67.2 Å². The molecule has 19 heavy (non-hydrogen) atoms. The summed E-state index contributed by atoms with van der Waals surface area (Å²) in [7, 11) is 0. The van der Waals surface area contributed by atoms with Crippen molar-refractivity contribution in [2.45, 2.75) is 12.8 Å². The van der Waals surface area contributed by atoms with E-state index in [0.717, 1.165) is 22.5 Å². The molecule has 0 radical (unpaired) electrons. The number of allylic oxidation sites excluding steroid dienone is 1. The van der Waals surface area contributed by atoms with E-state index in [0.29, 0.717) is 5.92 Å². The highest BCUT2D eigenvalue weighted by molar-refractivity contribution is 6.13. The normalized spacial score (nSPS) is 13.9. The summed E-state index contributed by atoms with van der Waals surface area (Å²) >= 11 is 0. The van der Waals surface area contributed by atoms with Gasteiger partial charge in [-0.2, -0.15) is 0 Å². The number of benzene rings is 2. The van der Waals surface area contributed by atoms with E-state index in [2.05, 4.69) is 30.8 Å². The molecule has 0 unspecified atom stereocenters. The van der Waals surface area contributed by atoms with E-state index in [4.69, 9.17) is 4.99 Å². The van der Waals surface area contributed by atoms with E-state index < -0.39 is 0 Å². The smallest absolute Gasteiger partial charge is 0.0777 e. The molecule has 2 aromatic rings. The maximum atomic E-state index is 4.80. The molecule has 0 N–H and O–H groups in total. The van der Waals surface area contributed by atoms with Crippen LogP contribution >= 0.6 is 0 Å². The molecule has 1 nitrogen and oxygen atoms in total. The van der Waals surface area contributed by atoms with Gasteiger partial charge in [-0.15, -0.1) is 0 Å². The van der Waals surface area contributed by atoms with Crippen LogP contribution in [0.2, 0.25) is 0 Å². The third-order valence-corrected chi connectivity index (χ3v) is 3.40. The summed E-state index contributed by atoms with van der Waals surface area (Å²) in [6.45, 7) is 4.12. The lowest BCUT2D eigenvalue weighted by Gasteiger charge is -2.08. The molecular weight excluding hydrogens is 230 g/mol. The first-order valence-corrected chi connectivity index (χ1v) is 6.73. The molecule has 0 heterocycles. The highest BCUT2D eigenvalue weighted by Gasteiger charge is 2.25. The quantitative estimate of drug-likeness (QED) is 0.708. The molecule has 1 aliphatic rings. The second-order valence-electron chi connectivity index (χ2n) is 4.96. The standard InChI is InChI=1S/C18H17N/c1-14(15-12-13-15)19-18(16-8-4-2-5-9-16)17-10-6-3-7-11-17/h2-11,15H,1,12-13H2. The van der Waals surface area contributed by atoms with Gasteiger partial charge in [0, 0.05) is 22.7 Å². The molecule has 0 amide bonds. The fourth-order valence-electron chi connectivity index (χ4n) is 2.14. The zero-order valence-corrected chi connectivity index (χ0v) is 10.9. The van der Waals surface area contributed by atoms with Crippen LogP contribution in [0.4, 0.5) is 0 Å². The molecule has 1 aliphatic carbocycles. The number of rotatable bonds is 4. The Kier molecular flexibility index (Phi) is 3.28. The Bertz CT molecular complexity index is 551. The predicted molar refractivity (Wildman–Crippen MR) is 80.4 cm³/mol. The van der Waals surface area contributed by atoms with Gasteiger partial charge in [-0.05, 0) is 12.8 Å². The Labute approximate surface area is 114 Å². The van der Waals surface area contributed by atoms with E-state index in [-0.39, 0.29) is 0 Å². The Morgan fingerprint density at radius 2 is 1.32 bits per heavy atom. The fourth-order valence-corrected chi connectivity index (χ4v) is 2.14. The van der Waals surface area contributed by atoms with Crippen LogP contribution in [-0.4, -0.2) is 5.71 Å². The van der Waals surface area contributed by atoms with Crippen LogP contribution in [0.15, 0.2) is 77.9 Å². The van der Waals surface area contributed by atoms with Crippen LogP contribution in [-0.2, 0) is 0 Å². The van der Waals surface area contributed by atoms with Crippen molar-refractivity contribution in [2.24, 2.45) is 10.9 Å². The third kappa shape index (κ3) is 2.82. The van der Waals surface area contributed by atoms with Gasteiger partial charge >= 0.3 is 0 Å². The molecular formula is C18H17N. The summed E-state index contributed by atoms with van der Waals surface area (Å²) in [5, 5.41) is 0. The zero-order valence-electron chi connectivity index (χ0n) is 10.9. The topological polar surface area (TPSA) is 12.4 Å². The van der Waals surface area contributed by atoms with Crippen molar-refractivity contribution in [3.8, 4) is 0 Å². The van der Waals surface area contributed by atoms with Crippen molar-refractivity contribution >= 4 is 5.71 Å². The summed E-state index contributed by atoms with van der Waals surface area (Å²) in [6, 6.07) is 20.7. The lowest BCUT2D eigenvalue weighted by atomic mass is 10.0. The molecule has 0 aliphatic heterocycles. The van der Waals surface area contributed by atoms with Crippen LogP contribution in [0, 0.1) is 5.92 Å². The summed E-state index contributed by atoms with van der Waals surface area (Å²) < 4.78 is 0. The van der Waals surface area contributed by atoms with Crippen molar-refractivity contribution < 1.29 is 0 Å². The van der Waals surface area contributed by atoms with Gasteiger partial charge in [0.1, 0.15) is 0 Å². The summed E-state index contributed by atoms with van der Waals surface area (Å²) in [4.78, 5) is 4.80. The van der Waals surface area contributed by atoms with Crippen molar-refractivity contribution in [1.29, 1.82) is 0 Å². The third-order valence-electron chi connectivity index (χ3n) is 3.40. The molecule has 0 aromatic heterocycles. The molecule has 0 atom stereocenters. The predicted octanol–water partition coefficient (Wildman–Crippen LogP) is 4.45. The molecule has 0 saturated heterocycles. The largest absolute Gasteiger partial charge is 0.253 e. The van der Waals surface area contributed by atoms with Gasteiger partial charge < -0.3 is 0 Å². The van der Waals surface area contributed by atoms with Crippen molar-refractivity contribution in [3.05, 3.63) is 84.1 Å². The summed E-state index contributed by atoms with van der Waals surface area (Å²) in [6.07, 6.45) is 2.47. The maximum Gasteiger partial charge on any atom is 0.0777 e. The van der Waals surface area contributed by atoms with Gasteiger partial charge in [0.2, 0.25) is 0 Å². The van der Waals surface area contributed by atoms with E-state index in [1.807, 2.05) is 36.4 Å². The number of nitrogens with zero attached hydrogens (tertiary/aromatic N) is 1. The minimum Gasteiger partial charge on any atom is -0.253 e. The lowest BCUT2D eigenvalue weighted by Crippen LogP contribution is -2.04. The first-order valence-electron chi connectivity index (χ1n) is 6.73. The van der Waals surface area contributed by atoms with Crippen LogP contribution in [0.3, 0.4) is 0 Å². The molecule has 0 bridgehead atoms. The summed E-state index contributed by atoms with van der Waals surface area (Å²) in [5.41, 5.74) is 4.34. The maximum absolute atomic E-state index is 4.80. The number of aliphatic imine (C=N–C) groups is 1. The molecule has 3 rings (SSSR count). The van der Waals surface area contributed by atoms with Gasteiger partial charge in [-0.25, -0.2) is 0 Å². The number of hydrogen-bond donors (Lipinski definition) is 0. The molecule has 94 valence electrons. The zero-order chi connectivity index (χ0) is 13.1. The average molecular weight is 247 g/mol. The van der Waals surface area contributed by atoms with Gasteiger partial charge in [0.05, 0.1) is 5.71 Å². The Morgan fingerprint density at radius 3 is 1.74 bits per heavy atom. The average Bonchev–Trinajstić information content (AvgIpc) is 3.31. The van der Waals surface area contributed by atoms with Gasteiger partial charge in [-0.3, -0.25) is 4.99 Å². The van der Waals surface area contributed by atoms with Crippen molar-refractivity contribution in [3.63, 3.8) is 0 Å². The molecule has 2 aromatic carbocycles. The molecule has 1 fully saturated rings. The number of hydrogen-bond acceptors (Lipinski definition) is 1. The van der Waals surface area contributed by atoms with E-state index >= 15 is 0 Å². The molecule has 1 heteroatoms. The van der Waals surface area contributed by atoms with Crippen molar-refractivity contribution in [2.75, 3.05) is 0 Å². The summed E-state index contributed by atoms with van der Waals surface area (Å²) in [5.74, 6) is 0.599. The minimum absolute atomic E-state index is 0.599. The molecule has 1 saturated carbocycles. The fraction of sp³-hybridized carbons (Fsp3) is 0.167. The van der Waals surface area contributed by atoms with Gasteiger partial charge in [0.25, 0.3) is 0 Å². The van der Waals surface area contributed by atoms with Gasteiger partial charge in [0.15, 0.2) is 0 Å². The van der Waals surface area contributed by atoms with E-state index in [1.54, 1.807) is 0 Å². The SMILES string of the molecule is C=C(N=C(c1ccccc1)c1ccccc1)C1CC1. The Balaban J connectivity index is 2.03. The Hall–Kier alpha value is -2.15. The Morgan fingerprint density at radius 1 is 0.842 bits per heavy atom. The van der Waals surface area contributed by atoms with Crippen molar-refractivity contribution in [1.82, 2.24) is 0 Å². The monoisotopic (exact) mass is 247 g/mol. The first-order chi connectivity index (χ1) is 9.34. The highest BCUT2D eigenvalue weighted by atomic mass is 14.8. The van der Waals surface area contributed by atoms with Crippen LogP contribution < -0.4 is 0 Å². The van der Waals surface area contributed by atoms with Crippen LogP contribution in [0.25, 0.3) is 0 Å². The van der Waals surface area contributed by atoms with E-state index in [9.17, 15) is 0 Å². The van der Waals surface area contributed by atoms with Crippen LogP contribution in [0.1, 0.15) is 24.0 Å². The molecule has 0 spiro atoms. The first kappa shape index (κ1) is 11.9. The second-order valence-corrected chi connectivity index (χ2v) is 4.96.